The summed E-state index contributed by atoms with van der Waals surface area (Å²) in [4.78, 5) is 28.8. The molecule has 0 spiro atoms. The van der Waals surface area contributed by atoms with E-state index in [-0.39, 0.29) is 36.1 Å². The van der Waals surface area contributed by atoms with Crippen LogP contribution >= 0.6 is 27.4 Å². The molecule has 0 aromatic heterocycles. The van der Waals surface area contributed by atoms with E-state index in [1.165, 1.54) is 0 Å². The van der Waals surface area contributed by atoms with Crippen molar-refractivity contribution in [1.82, 2.24) is 15.5 Å². The van der Waals surface area contributed by atoms with Crippen LogP contribution in [0.1, 0.15) is 20.3 Å². The molecule has 0 aromatic rings. The molecule has 2 heterocycles. The first-order valence-electron chi connectivity index (χ1n) is 8.32. The third-order valence-electron chi connectivity index (χ3n) is 4.54. The summed E-state index contributed by atoms with van der Waals surface area (Å²) in [5, 5.41) is 6.80. The maximum Gasteiger partial charge on any atom is 0.481 e. The Kier molecular flexibility index (Phi) is 8.13. The van der Waals surface area contributed by atoms with Crippen LogP contribution in [0.4, 0.5) is 0 Å². The molecule has 2 aliphatic heterocycles. The second kappa shape index (κ2) is 9.30. The summed E-state index contributed by atoms with van der Waals surface area (Å²) in [6, 6.07) is 0.218. The van der Waals surface area contributed by atoms with Gasteiger partial charge >= 0.3 is 15.6 Å². The first-order valence-corrected chi connectivity index (χ1v) is 12.4. The molecule has 2 saturated heterocycles. The first-order chi connectivity index (χ1) is 12.0. The van der Waals surface area contributed by atoms with Gasteiger partial charge in [0.25, 0.3) is 0 Å². The summed E-state index contributed by atoms with van der Waals surface area (Å²) in [5.41, 5.74) is 6.17. The Morgan fingerprint density at radius 2 is 2.00 bits per heavy atom. The van der Waals surface area contributed by atoms with Crippen LogP contribution in [0.5, 0.6) is 0 Å². The summed E-state index contributed by atoms with van der Waals surface area (Å²) in [7, 11) is -9.85. The van der Waals surface area contributed by atoms with Gasteiger partial charge in [0.2, 0.25) is 0 Å². The van der Waals surface area contributed by atoms with E-state index in [1.54, 1.807) is 11.8 Å². The quantitative estimate of drug-likeness (QED) is 0.279. The third-order valence-corrected chi connectivity index (χ3v) is 8.26. The zero-order valence-electron chi connectivity index (χ0n) is 14.7. The van der Waals surface area contributed by atoms with Gasteiger partial charge in [0.15, 0.2) is 0 Å². The number of phosphoric acid groups is 2. The molecule has 14 heteroatoms. The monoisotopic (exact) mass is 434 g/mol. The van der Waals surface area contributed by atoms with Gasteiger partial charge in [0.1, 0.15) is 0 Å². The molecule has 0 aromatic carbocycles. The maximum atomic E-state index is 11.4. The lowest BCUT2D eigenvalue weighted by Crippen LogP contribution is -2.63. The molecule has 0 bridgehead atoms. The fraction of sp³-hybridized carbons (Fsp3) is 1.00. The summed E-state index contributed by atoms with van der Waals surface area (Å²) in [5.74, 6) is 1.10. The Bertz CT molecular complexity index is 568. The highest BCUT2D eigenvalue weighted by molar-refractivity contribution is 8.00. The number of nitrogens with one attached hydrogen (secondary N) is 2. The largest absolute Gasteiger partial charge is 0.481 e. The van der Waals surface area contributed by atoms with Gasteiger partial charge in [-0.15, -0.1) is 11.8 Å². The topological polar surface area (TPSA) is 167 Å². The van der Waals surface area contributed by atoms with Gasteiger partial charge in [-0.3, -0.25) is 14.7 Å². The van der Waals surface area contributed by atoms with Gasteiger partial charge in [-0.1, -0.05) is 0 Å². The molecule has 2 aliphatic rings. The van der Waals surface area contributed by atoms with E-state index in [2.05, 4.69) is 31.3 Å². The Morgan fingerprint density at radius 1 is 1.31 bits per heavy atom. The van der Waals surface area contributed by atoms with Crippen molar-refractivity contribution >= 4 is 27.4 Å². The van der Waals surface area contributed by atoms with E-state index in [4.69, 9.17) is 15.5 Å². The second-order valence-corrected chi connectivity index (χ2v) is 10.6. The number of nitrogens with zero attached hydrogens (tertiary/aromatic N) is 1. The fourth-order valence-electron chi connectivity index (χ4n) is 3.09. The Labute approximate surface area is 157 Å². The highest BCUT2D eigenvalue weighted by atomic mass is 32.2. The van der Waals surface area contributed by atoms with E-state index in [0.717, 1.165) is 19.0 Å². The molecule has 0 amide bonds. The number of rotatable bonds is 8. The van der Waals surface area contributed by atoms with E-state index in [0.29, 0.717) is 6.42 Å². The van der Waals surface area contributed by atoms with Gasteiger partial charge in [0.05, 0.1) is 18.9 Å². The SMILES string of the molecule is C[C@H]1NC[C@H](CN2CS[C@@H](CCOP(=O)(O)OP(=O)(O)O)[C@@H]2C)[C@@H](N)N1. The molecule has 1 unspecified atom stereocenters. The fourth-order valence-corrected chi connectivity index (χ4v) is 6.12. The highest BCUT2D eigenvalue weighted by Gasteiger charge is 2.36. The minimum atomic E-state index is -5.08. The van der Waals surface area contributed by atoms with Crippen molar-refractivity contribution in [2.24, 2.45) is 11.7 Å². The number of hydrogen-bond donors (Lipinski definition) is 6. The molecule has 154 valence electrons. The first kappa shape index (κ1) is 22.7. The summed E-state index contributed by atoms with van der Waals surface area (Å²) in [6.45, 7) is 5.64. The minimum Gasteiger partial charge on any atom is -0.316 e. The Morgan fingerprint density at radius 3 is 2.62 bits per heavy atom. The second-order valence-electron chi connectivity index (χ2n) is 6.59. The van der Waals surface area contributed by atoms with Crippen molar-refractivity contribution in [2.75, 3.05) is 25.6 Å². The van der Waals surface area contributed by atoms with Crippen LogP contribution in [-0.4, -0.2) is 68.8 Å². The lowest BCUT2D eigenvalue weighted by atomic mass is 10.0. The molecular weight excluding hydrogens is 406 g/mol. The normalized spacial score (nSPS) is 36.2. The Balaban J connectivity index is 1.76. The highest BCUT2D eigenvalue weighted by Crippen LogP contribution is 2.57. The number of thioether (sulfide) groups is 1. The van der Waals surface area contributed by atoms with E-state index in [9.17, 15) is 14.0 Å². The summed E-state index contributed by atoms with van der Waals surface area (Å²) in [6.07, 6.45) is 0.582. The molecule has 11 nitrogen and oxygen atoms in total. The van der Waals surface area contributed by atoms with Crippen LogP contribution in [0.25, 0.3) is 0 Å². The zero-order valence-corrected chi connectivity index (χ0v) is 17.3. The molecule has 2 fully saturated rings. The van der Waals surface area contributed by atoms with Gasteiger partial charge in [-0.25, -0.2) is 9.13 Å². The van der Waals surface area contributed by atoms with Crippen LogP contribution in [0, 0.1) is 5.92 Å². The van der Waals surface area contributed by atoms with Crippen molar-refractivity contribution in [2.45, 2.75) is 43.9 Å². The number of nitrogens with two attached hydrogens (primary N) is 1. The van der Waals surface area contributed by atoms with E-state index < -0.39 is 15.6 Å². The van der Waals surface area contributed by atoms with Gasteiger partial charge in [-0.2, -0.15) is 4.31 Å². The van der Waals surface area contributed by atoms with Crippen molar-refractivity contribution in [3.63, 3.8) is 0 Å². The van der Waals surface area contributed by atoms with Gasteiger partial charge in [-0.05, 0) is 20.3 Å². The summed E-state index contributed by atoms with van der Waals surface area (Å²) < 4.78 is 30.5. The van der Waals surface area contributed by atoms with Crippen LogP contribution in [-0.2, 0) is 18.0 Å². The van der Waals surface area contributed by atoms with E-state index in [1.807, 2.05) is 6.92 Å². The molecule has 2 rings (SSSR count). The standard InChI is InChI=1S/C12H28N4O7P2S/c1-8-11(3-4-22-25(20,21)23-24(17,18)19)26-7-16(8)6-10-5-14-9(2)15-12(10)13/h8-12,14-15H,3-7,13H2,1-2H3,(H,20,21)(H2,17,18,19)/t8-,9-,10+,11-,12-/m0/s1. The van der Waals surface area contributed by atoms with Crippen LogP contribution < -0.4 is 16.4 Å². The Hall–Kier alpha value is 0.450. The zero-order chi connectivity index (χ0) is 19.5. The number of phosphoric ester groups is 1. The average molecular weight is 434 g/mol. The van der Waals surface area contributed by atoms with Crippen molar-refractivity contribution in [3.8, 4) is 0 Å². The smallest absolute Gasteiger partial charge is 0.316 e. The van der Waals surface area contributed by atoms with Crippen LogP contribution in [0.15, 0.2) is 0 Å². The van der Waals surface area contributed by atoms with Crippen LogP contribution in [0.3, 0.4) is 0 Å². The molecule has 0 saturated carbocycles. The van der Waals surface area contributed by atoms with Gasteiger partial charge in [0, 0.05) is 36.2 Å². The lowest BCUT2D eigenvalue weighted by molar-refractivity contribution is 0.147. The van der Waals surface area contributed by atoms with Crippen molar-refractivity contribution in [3.05, 3.63) is 0 Å². The molecule has 0 aliphatic carbocycles. The predicted octanol–water partition coefficient (Wildman–Crippen LogP) is -0.194. The molecule has 7 N–H and O–H groups in total. The van der Waals surface area contributed by atoms with Crippen LogP contribution in [0.2, 0.25) is 0 Å². The summed E-state index contributed by atoms with van der Waals surface area (Å²) >= 11 is 1.71. The molecule has 26 heavy (non-hydrogen) atoms. The van der Waals surface area contributed by atoms with Crippen molar-refractivity contribution in [1.29, 1.82) is 0 Å². The minimum absolute atomic E-state index is 0.0732. The lowest BCUT2D eigenvalue weighted by Gasteiger charge is -2.37. The van der Waals surface area contributed by atoms with Crippen molar-refractivity contribution < 1.29 is 32.6 Å². The average Bonchev–Trinajstić information content (AvgIpc) is 2.80. The molecule has 6 atom stereocenters. The third kappa shape index (κ3) is 7.12. The van der Waals surface area contributed by atoms with E-state index >= 15 is 0 Å². The van der Waals surface area contributed by atoms with Gasteiger partial charge < -0.3 is 25.7 Å². The molecule has 0 radical (unpaired) electrons. The molecular formula is C12H28N4O7P2S. The maximum absolute atomic E-state index is 11.4. The predicted molar refractivity (Wildman–Crippen MR) is 98.0 cm³/mol. The number of hydrogen-bond acceptors (Lipinski definition) is 9.